The smallest absolute Gasteiger partial charge is 0.362 e. The van der Waals surface area contributed by atoms with Crippen LogP contribution in [0.4, 0.5) is 0 Å². The van der Waals surface area contributed by atoms with Crippen LogP contribution in [0, 0.1) is 0 Å². The number of carbonyl (C=O) groups excluding carboxylic acids is 1. The molecule has 4 atom stereocenters. The quantitative estimate of drug-likeness (QED) is 0.423. The van der Waals surface area contributed by atoms with E-state index in [0.717, 1.165) is 18.9 Å². The van der Waals surface area contributed by atoms with Gasteiger partial charge in [0.15, 0.2) is 0 Å². The summed E-state index contributed by atoms with van der Waals surface area (Å²) in [6.07, 6.45) is -2.09. The Morgan fingerprint density at radius 2 is 1.93 bits per heavy atom. The van der Waals surface area contributed by atoms with Crippen LogP contribution in [0.5, 0.6) is 5.75 Å². The van der Waals surface area contributed by atoms with E-state index >= 15 is 0 Å². The topological polar surface area (TPSA) is 142 Å². The summed E-state index contributed by atoms with van der Waals surface area (Å²) in [5, 5.41) is 29.7. The number of unbranched alkanes of at least 4 members (excludes halogenated alkanes) is 1. The van der Waals surface area contributed by atoms with E-state index in [-0.39, 0.29) is 25.2 Å². The number of hydrogen-bond acceptors (Lipinski definition) is 8. The number of aliphatic hydroxyl groups is 2. The summed E-state index contributed by atoms with van der Waals surface area (Å²) in [6, 6.07) is 7.04. The number of phenols is 1. The van der Waals surface area contributed by atoms with E-state index in [1.807, 2.05) is 12.1 Å². The van der Waals surface area contributed by atoms with Gasteiger partial charge < -0.3 is 20.1 Å². The Morgan fingerprint density at radius 1 is 1.21 bits per heavy atom. The van der Waals surface area contributed by atoms with Crippen molar-refractivity contribution in [3.05, 3.63) is 29.8 Å². The highest BCUT2D eigenvalue weighted by Crippen LogP contribution is 2.26. The van der Waals surface area contributed by atoms with Crippen LogP contribution in [0.1, 0.15) is 38.2 Å². The molecule has 9 nitrogen and oxygen atoms in total. The fraction of sp³-hybridized carbons (Fsp3) is 0.611. The largest absolute Gasteiger partial charge is 0.508 e. The molecule has 0 radical (unpaired) electrons. The molecule has 10 heteroatoms. The lowest BCUT2D eigenvalue weighted by molar-refractivity contribution is -0.130. The van der Waals surface area contributed by atoms with Crippen LogP contribution < -0.4 is 4.72 Å². The molecule has 1 fully saturated rings. The van der Waals surface area contributed by atoms with Crippen molar-refractivity contribution in [2.24, 2.45) is 0 Å². The number of rotatable bonds is 9. The van der Waals surface area contributed by atoms with Gasteiger partial charge in [0.25, 0.3) is 0 Å². The first-order chi connectivity index (χ1) is 13.2. The molecule has 0 aromatic heterocycles. The lowest BCUT2D eigenvalue weighted by Gasteiger charge is -2.36. The molecule has 0 heterocycles. The fourth-order valence-corrected chi connectivity index (χ4v) is 4.11. The Morgan fingerprint density at radius 3 is 2.61 bits per heavy atom. The summed E-state index contributed by atoms with van der Waals surface area (Å²) in [6.45, 7) is 1.29. The minimum Gasteiger partial charge on any atom is -0.508 e. The number of aliphatic hydroxyl groups excluding tert-OH is 2. The zero-order valence-electron chi connectivity index (χ0n) is 15.7. The lowest BCUT2D eigenvalue weighted by Crippen LogP contribution is -2.51. The van der Waals surface area contributed by atoms with E-state index in [4.69, 9.17) is 8.92 Å². The number of ether oxygens (including phenoxy) is 1. The molecule has 0 bridgehead atoms. The van der Waals surface area contributed by atoms with Crippen molar-refractivity contribution in [3.63, 3.8) is 0 Å². The van der Waals surface area contributed by atoms with E-state index < -0.39 is 40.6 Å². The van der Waals surface area contributed by atoms with E-state index in [1.165, 1.54) is 0 Å². The number of aromatic hydroxyl groups is 1. The highest BCUT2D eigenvalue weighted by Gasteiger charge is 2.41. The minimum atomic E-state index is -4.39. The maximum atomic E-state index is 11.8. The van der Waals surface area contributed by atoms with Gasteiger partial charge in [0.05, 0.1) is 18.3 Å². The van der Waals surface area contributed by atoms with Crippen LogP contribution in [0.3, 0.4) is 0 Å². The first-order valence-electron chi connectivity index (χ1n) is 9.14. The normalized spacial score (nSPS) is 25.4. The second-order valence-electron chi connectivity index (χ2n) is 6.86. The summed E-state index contributed by atoms with van der Waals surface area (Å²) < 4.78 is 36.0. The standard InChI is InChI=1S/C18H27NO8S/c1-12(20)19-28(24,25)27-18-16(23)10-14(21)11-17(18)26-9-5-4-7-13-6-2-3-8-15(13)22/h2-3,6,8,14,16-18,21-23H,4-5,7,9-11H2,1H3,(H,19,20)/t14-,16-,17-,18-/m1/s1. The van der Waals surface area contributed by atoms with Gasteiger partial charge in [0, 0.05) is 26.4 Å². The molecule has 1 aromatic rings. The monoisotopic (exact) mass is 417 g/mol. The van der Waals surface area contributed by atoms with Crippen molar-refractivity contribution < 1.29 is 37.5 Å². The zero-order chi connectivity index (χ0) is 20.7. The first kappa shape index (κ1) is 22.6. The SMILES string of the molecule is CC(=O)NS(=O)(=O)O[C@@H]1[C@H](O)C[C@@H](O)C[C@H]1OCCCCc1ccccc1O. The molecular weight excluding hydrogens is 390 g/mol. The van der Waals surface area contributed by atoms with Crippen LogP contribution in [-0.4, -0.2) is 60.7 Å². The van der Waals surface area contributed by atoms with Crippen LogP contribution >= 0.6 is 0 Å². The number of phenolic OH excluding ortho intramolecular Hbond substituents is 1. The van der Waals surface area contributed by atoms with Crippen molar-refractivity contribution in [1.82, 2.24) is 4.72 Å². The fourth-order valence-electron chi connectivity index (χ4n) is 3.17. The van der Waals surface area contributed by atoms with Crippen molar-refractivity contribution in [1.29, 1.82) is 0 Å². The second kappa shape index (κ2) is 10.2. The average molecular weight is 417 g/mol. The van der Waals surface area contributed by atoms with Crippen LogP contribution in [0.15, 0.2) is 24.3 Å². The van der Waals surface area contributed by atoms with Gasteiger partial charge in [-0.3, -0.25) is 4.79 Å². The number of benzene rings is 1. The second-order valence-corrected chi connectivity index (χ2v) is 8.17. The highest BCUT2D eigenvalue weighted by atomic mass is 32.2. The number of nitrogens with one attached hydrogen (secondary N) is 1. The van der Waals surface area contributed by atoms with Gasteiger partial charge in [0.2, 0.25) is 5.91 Å². The summed E-state index contributed by atoms with van der Waals surface area (Å²) in [5.41, 5.74) is 0.827. The molecule has 158 valence electrons. The molecule has 1 aromatic carbocycles. The average Bonchev–Trinajstić information content (AvgIpc) is 2.58. The predicted molar refractivity (Wildman–Crippen MR) is 99.6 cm³/mol. The van der Waals surface area contributed by atoms with Crippen LogP contribution in [0.25, 0.3) is 0 Å². The van der Waals surface area contributed by atoms with E-state index in [2.05, 4.69) is 0 Å². The zero-order valence-corrected chi connectivity index (χ0v) is 16.5. The number of para-hydroxylation sites is 1. The molecule has 0 unspecified atom stereocenters. The van der Waals surface area contributed by atoms with E-state index in [0.29, 0.717) is 12.8 Å². The van der Waals surface area contributed by atoms with Gasteiger partial charge in [-0.25, -0.2) is 8.91 Å². The molecule has 2 rings (SSSR count). The minimum absolute atomic E-state index is 0.0482. The number of hydrogen-bond donors (Lipinski definition) is 4. The molecule has 28 heavy (non-hydrogen) atoms. The molecule has 1 saturated carbocycles. The Labute approximate surface area is 164 Å². The third-order valence-corrected chi connectivity index (χ3v) is 5.45. The third kappa shape index (κ3) is 7.02. The molecule has 4 N–H and O–H groups in total. The summed E-state index contributed by atoms with van der Waals surface area (Å²) in [5.74, 6) is -0.578. The Balaban J connectivity index is 1.87. The van der Waals surface area contributed by atoms with Gasteiger partial charge >= 0.3 is 10.3 Å². The third-order valence-electron chi connectivity index (χ3n) is 4.43. The van der Waals surface area contributed by atoms with Crippen molar-refractivity contribution >= 4 is 16.2 Å². The van der Waals surface area contributed by atoms with Gasteiger partial charge in [-0.1, -0.05) is 18.2 Å². The summed E-state index contributed by atoms with van der Waals surface area (Å²) in [4.78, 5) is 11.0. The van der Waals surface area contributed by atoms with Crippen molar-refractivity contribution in [3.8, 4) is 5.75 Å². The first-order valence-corrected chi connectivity index (χ1v) is 10.5. The van der Waals surface area contributed by atoms with E-state index in [9.17, 15) is 28.5 Å². The molecule has 0 spiro atoms. The van der Waals surface area contributed by atoms with Gasteiger partial charge in [-0.2, -0.15) is 8.42 Å². The molecule has 1 aliphatic rings. The predicted octanol–water partition coefficient (Wildman–Crippen LogP) is 0.382. The number of carbonyl (C=O) groups is 1. The van der Waals surface area contributed by atoms with E-state index in [1.54, 1.807) is 16.9 Å². The van der Waals surface area contributed by atoms with Crippen LogP contribution in [-0.2, 0) is 30.4 Å². The Bertz CT molecular complexity index is 754. The molecule has 1 amide bonds. The highest BCUT2D eigenvalue weighted by molar-refractivity contribution is 7.85. The number of aryl methyl sites for hydroxylation is 1. The maximum absolute atomic E-state index is 11.8. The Hall–Kier alpha value is -1.72. The molecule has 0 aliphatic heterocycles. The summed E-state index contributed by atoms with van der Waals surface area (Å²) in [7, 11) is -4.39. The summed E-state index contributed by atoms with van der Waals surface area (Å²) >= 11 is 0. The van der Waals surface area contributed by atoms with Crippen molar-refractivity contribution in [2.75, 3.05) is 6.61 Å². The molecule has 1 aliphatic carbocycles. The van der Waals surface area contributed by atoms with Crippen LogP contribution in [0.2, 0.25) is 0 Å². The maximum Gasteiger partial charge on any atom is 0.362 e. The molecule has 0 saturated heterocycles. The Kier molecular flexibility index (Phi) is 8.20. The lowest BCUT2D eigenvalue weighted by atomic mass is 9.90. The molecular formula is C18H27NO8S. The number of amides is 1. The van der Waals surface area contributed by atoms with Gasteiger partial charge in [-0.15, -0.1) is 0 Å². The van der Waals surface area contributed by atoms with Crippen molar-refractivity contribution in [2.45, 2.75) is 63.4 Å². The van der Waals surface area contributed by atoms with Gasteiger partial charge in [0.1, 0.15) is 11.9 Å². The van der Waals surface area contributed by atoms with Gasteiger partial charge in [-0.05, 0) is 30.9 Å².